The van der Waals surface area contributed by atoms with Crippen molar-refractivity contribution >= 4 is 28.6 Å². The first kappa shape index (κ1) is 24.5. The van der Waals surface area contributed by atoms with Crippen LogP contribution in [-0.4, -0.2) is 27.6 Å². The number of rotatable bonds is 7. The second kappa shape index (κ2) is 10.4. The molecule has 0 saturated carbocycles. The third kappa shape index (κ3) is 5.06. The molecule has 0 aliphatic rings. The highest BCUT2D eigenvalue weighted by atomic mass is 35.5. The second-order valence-electron chi connectivity index (χ2n) is 8.80. The van der Waals surface area contributed by atoms with Crippen LogP contribution in [0.1, 0.15) is 32.9 Å². The summed E-state index contributed by atoms with van der Waals surface area (Å²) in [4.78, 5) is 21.5. The van der Waals surface area contributed by atoms with Crippen molar-refractivity contribution in [3.8, 4) is 17.0 Å². The summed E-state index contributed by atoms with van der Waals surface area (Å²) < 4.78 is 13.1. The van der Waals surface area contributed by atoms with E-state index in [1.807, 2.05) is 80.6 Å². The molecule has 0 fully saturated rings. The molecule has 0 atom stereocenters. The molecule has 0 unspecified atom stereocenters. The first-order valence-electron chi connectivity index (χ1n) is 11.9. The molecule has 3 aromatic carbocycles. The number of benzene rings is 3. The minimum atomic E-state index is -0.386. The average molecular weight is 512 g/mol. The molecule has 0 N–H and O–H groups in total. The molecule has 0 bridgehead atoms. The molecular weight excluding hydrogens is 486 g/mol. The van der Waals surface area contributed by atoms with Gasteiger partial charge in [0.05, 0.1) is 35.9 Å². The first-order chi connectivity index (χ1) is 17.9. The summed E-state index contributed by atoms with van der Waals surface area (Å²) in [5, 5.41) is 0.464. The Bertz CT molecular complexity index is 1600. The van der Waals surface area contributed by atoms with Crippen LogP contribution in [0, 0.1) is 13.8 Å². The zero-order valence-corrected chi connectivity index (χ0v) is 21.6. The van der Waals surface area contributed by atoms with E-state index in [1.54, 1.807) is 12.1 Å². The molecule has 5 rings (SSSR count). The van der Waals surface area contributed by atoms with E-state index in [-0.39, 0.29) is 12.6 Å². The number of aromatic nitrogens is 3. The summed E-state index contributed by atoms with van der Waals surface area (Å²) in [5.74, 6) is 1.17. The molecule has 5 aromatic rings. The van der Waals surface area contributed by atoms with Crippen molar-refractivity contribution < 1.29 is 14.3 Å². The maximum absolute atomic E-state index is 12.1. The Hall–Kier alpha value is -4.16. The first-order valence-corrected chi connectivity index (χ1v) is 12.3. The average Bonchev–Trinajstić information content (AvgIpc) is 3.24. The number of ether oxygens (including phenoxy) is 2. The summed E-state index contributed by atoms with van der Waals surface area (Å²) in [6.07, 6.45) is 0. The Labute approximate surface area is 220 Å². The molecular formula is C30H26ClN3O3. The lowest BCUT2D eigenvalue weighted by atomic mass is 10.1. The maximum Gasteiger partial charge on any atom is 0.338 e. The summed E-state index contributed by atoms with van der Waals surface area (Å²) in [6.45, 7) is 4.75. The number of hydrogen-bond donors (Lipinski definition) is 0. The lowest BCUT2D eigenvalue weighted by Crippen LogP contribution is -2.08. The monoisotopic (exact) mass is 511 g/mol. The van der Waals surface area contributed by atoms with Crippen molar-refractivity contribution in [2.45, 2.75) is 27.0 Å². The minimum absolute atomic E-state index is 0.236. The number of esters is 1. The van der Waals surface area contributed by atoms with E-state index in [1.165, 1.54) is 7.11 Å². The standard InChI is InChI=1S/C30H26ClN3O3/c1-19-15-24(37-18-23-11-7-8-12-25(23)30(35)36-3)16-27-28(19)32-20(2)34(27)17-22-13-14-26(33-29(22)31)21-9-5-4-6-10-21/h4-16H,17-18H2,1-3H3. The number of methoxy groups -OCH3 is 1. The third-order valence-corrected chi connectivity index (χ3v) is 6.68. The van der Waals surface area contributed by atoms with Crippen LogP contribution < -0.4 is 4.74 Å². The van der Waals surface area contributed by atoms with E-state index in [9.17, 15) is 4.79 Å². The fourth-order valence-corrected chi connectivity index (χ4v) is 4.61. The van der Waals surface area contributed by atoms with Gasteiger partial charge in [-0.25, -0.2) is 14.8 Å². The number of carbonyl (C=O) groups is 1. The SMILES string of the molecule is COC(=O)c1ccccc1COc1cc(C)c2nc(C)n(Cc3ccc(-c4ccccc4)nc3Cl)c2c1. The highest BCUT2D eigenvalue weighted by molar-refractivity contribution is 6.30. The number of pyridine rings is 1. The van der Waals surface area contributed by atoms with Crippen LogP contribution in [0.4, 0.5) is 0 Å². The van der Waals surface area contributed by atoms with Gasteiger partial charge in [-0.3, -0.25) is 0 Å². The van der Waals surface area contributed by atoms with Crippen molar-refractivity contribution in [1.29, 1.82) is 0 Å². The maximum atomic E-state index is 12.1. The van der Waals surface area contributed by atoms with Gasteiger partial charge in [-0.15, -0.1) is 0 Å². The topological polar surface area (TPSA) is 66.2 Å². The van der Waals surface area contributed by atoms with Crippen LogP contribution in [0.2, 0.25) is 5.15 Å². The molecule has 2 aromatic heterocycles. The fraction of sp³-hybridized carbons (Fsp3) is 0.167. The molecule has 0 amide bonds. The van der Waals surface area contributed by atoms with Gasteiger partial charge in [0.1, 0.15) is 23.3 Å². The van der Waals surface area contributed by atoms with Crippen molar-refractivity contribution in [3.63, 3.8) is 0 Å². The summed E-state index contributed by atoms with van der Waals surface area (Å²) in [7, 11) is 1.37. The molecule has 0 aliphatic heterocycles. The van der Waals surface area contributed by atoms with Crippen LogP contribution in [0.3, 0.4) is 0 Å². The van der Waals surface area contributed by atoms with Crippen molar-refractivity contribution in [1.82, 2.24) is 14.5 Å². The van der Waals surface area contributed by atoms with Crippen molar-refractivity contribution in [2.24, 2.45) is 0 Å². The molecule has 186 valence electrons. The predicted molar refractivity (Wildman–Crippen MR) is 145 cm³/mol. The highest BCUT2D eigenvalue weighted by Crippen LogP contribution is 2.29. The highest BCUT2D eigenvalue weighted by Gasteiger charge is 2.16. The smallest absolute Gasteiger partial charge is 0.338 e. The van der Waals surface area contributed by atoms with E-state index in [4.69, 9.17) is 26.1 Å². The number of aryl methyl sites for hydroxylation is 2. The largest absolute Gasteiger partial charge is 0.489 e. The third-order valence-electron chi connectivity index (χ3n) is 6.35. The van der Waals surface area contributed by atoms with Crippen molar-refractivity contribution in [2.75, 3.05) is 7.11 Å². The molecule has 37 heavy (non-hydrogen) atoms. The molecule has 0 aliphatic carbocycles. The van der Waals surface area contributed by atoms with Gasteiger partial charge < -0.3 is 14.0 Å². The van der Waals surface area contributed by atoms with Gasteiger partial charge in [0, 0.05) is 22.8 Å². The van der Waals surface area contributed by atoms with E-state index >= 15 is 0 Å². The van der Waals surface area contributed by atoms with Gasteiger partial charge >= 0.3 is 5.97 Å². The Balaban J connectivity index is 1.44. The summed E-state index contributed by atoms with van der Waals surface area (Å²) >= 11 is 6.62. The number of imidazole rings is 1. The Morgan fingerprint density at radius 1 is 0.919 bits per heavy atom. The molecule has 0 saturated heterocycles. The fourth-order valence-electron chi connectivity index (χ4n) is 4.40. The molecule has 7 heteroatoms. The Morgan fingerprint density at radius 3 is 2.43 bits per heavy atom. The van der Waals surface area contributed by atoms with Gasteiger partial charge in [-0.2, -0.15) is 0 Å². The summed E-state index contributed by atoms with van der Waals surface area (Å²) in [5.41, 5.74) is 6.85. The minimum Gasteiger partial charge on any atom is -0.489 e. The van der Waals surface area contributed by atoms with Crippen LogP contribution in [0.5, 0.6) is 5.75 Å². The van der Waals surface area contributed by atoms with Gasteiger partial charge in [0.2, 0.25) is 0 Å². The number of hydrogen-bond acceptors (Lipinski definition) is 5. The molecule has 0 spiro atoms. The van der Waals surface area contributed by atoms with E-state index in [0.29, 0.717) is 23.0 Å². The van der Waals surface area contributed by atoms with Gasteiger partial charge in [-0.1, -0.05) is 66.2 Å². The van der Waals surface area contributed by atoms with Gasteiger partial charge in [0.15, 0.2) is 0 Å². The van der Waals surface area contributed by atoms with Gasteiger partial charge in [0.25, 0.3) is 0 Å². The van der Waals surface area contributed by atoms with Crippen LogP contribution in [0.25, 0.3) is 22.3 Å². The molecule has 6 nitrogen and oxygen atoms in total. The van der Waals surface area contributed by atoms with E-state index in [0.717, 1.165) is 44.8 Å². The van der Waals surface area contributed by atoms with E-state index < -0.39 is 0 Å². The zero-order chi connectivity index (χ0) is 25.9. The number of halogens is 1. The van der Waals surface area contributed by atoms with Gasteiger partial charge in [-0.05, 0) is 37.6 Å². The molecule has 2 heterocycles. The van der Waals surface area contributed by atoms with Crippen molar-refractivity contribution in [3.05, 3.63) is 112 Å². The molecule has 0 radical (unpaired) electrons. The number of nitrogens with zero attached hydrogens (tertiary/aromatic N) is 3. The van der Waals surface area contributed by atoms with E-state index in [2.05, 4.69) is 9.55 Å². The van der Waals surface area contributed by atoms with Crippen LogP contribution in [-0.2, 0) is 17.9 Å². The quantitative estimate of drug-likeness (QED) is 0.178. The normalized spacial score (nSPS) is 11.0. The van der Waals surface area contributed by atoms with Crippen LogP contribution in [0.15, 0.2) is 78.9 Å². The zero-order valence-electron chi connectivity index (χ0n) is 20.9. The Kier molecular flexibility index (Phi) is 6.93. The lowest BCUT2D eigenvalue weighted by molar-refractivity contribution is 0.0597. The summed E-state index contributed by atoms with van der Waals surface area (Å²) in [6, 6.07) is 25.2. The number of carbonyl (C=O) groups excluding carboxylic acids is 1. The lowest BCUT2D eigenvalue weighted by Gasteiger charge is -2.13. The van der Waals surface area contributed by atoms with Crippen LogP contribution >= 0.6 is 11.6 Å². The Morgan fingerprint density at radius 2 is 1.68 bits per heavy atom. The predicted octanol–water partition coefficient (Wildman–Crippen LogP) is 6.78. The number of fused-ring (bicyclic) bond motifs is 1. The second-order valence-corrected chi connectivity index (χ2v) is 9.16.